The van der Waals surface area contributed by atoms with Crippen molar-refractivity contribution < 1.29 is 4.79 Å². The Bertz CT molecular complexity index is 456. The predicted molar refractivity (Wildman–Crippen MR) is 87.6 cm³/mol. The van der Waals surface area contributed by atoms with Gasteiger partial charge in [-0.05, 0) is 56.0 Å². The molecule has 0 unspecified atom stereocenters. The maximum absolute atomic E-state index is 11.8. The molecular weight excluding hydrogens is 284 g/mol. The number of hydrogen-bond acceptors (Lipinski definition) is 2. The van der Waals surface area contributed by atoms with Gasteiger partial charge in [-0.25, -0.2) is 0 Å². The van der Waals surface area contributed by atoms with Gasteiger partial charge >= 0.3 is 0 Å². The maximum Gasteiger partial charge on any atom is 0.221 e. The fourth-order valence-corrected chi connectivity index (χ4v) is 2.89. The highest BCUT2D eigenvalue weighted by Gasteiger charge is 2.15. The van der Waals surface area contributed by atoms with Crippen molar-refractivity contribution in [3.05, 3.63) is 34.9 Å². The standard InChI is InChI=1S/C17H25ClN2O/c1-14-6-10-20(11-7-14)12-8-17(21)19-9-5-15-3-2-4-16(18)13-15/h2-4,13-14H,5-12H2,1H3,(H,19,21). The highest BCUT2D eigenvalue weighted by Crippen LogP contribution is 2.15. The van der Waals surface area contributed by atoms with Gasteiger partial charge in [0.25, 0.3) is 0 Å². The molecule has 1 fully saturated rings. The van der Waals surface area contributed by atoms with Crippen LogP contribution in [0.1, 0.15) is 31.7 Å². The third-order valence-electron chi connectivity index (χ3n) is 4.16. The summed E-state index contributed by atoms with van der Waals surface area (Å²) in [7, 11) is 0. The van der Waals surface area contributed by atoms with E-state index in [1.807, 2.05) is 24.3 Å². The zero-order chi connectivity index (χ0) is 15.1. The normalized spacial score (nSPS) is 16.9. The molecule has 0 atom stereocenters. The third kappa shape index (κ3) is 6.06. The summed E-state index contributed by atoms with van der Waals surface area (Å²) in [5.74, 6) is 0.989. The second-order valence-corrected chi connectivity index (χ2v) is 6.44. The molecule has 1 aliphatic heterocycles. The summed E-state index contributed by atoms with van der Waals surface area (Å²) in [5.41, 5.74) is 1.16. The van der Waals surface area contributed by atoms with E-state index in [-0.39, 0.29) is 5.91 Å². The van der Waals surface area contributed by atoms with Gasteiger partial charge in [0.2, 0.25) is 5.91 Å². The maximum atomic E-state index is 11.8. The van der Waals surface area contributed by atoms with Crippen molar-refractivity contribution in [2.75, 3.05) is 26.2 Å². The average Bonchev–Trinajstić information content (AvgIpc) is 2.47. The molecule has 1 N–H and O–H groups in total. The Morgan fingerprint density at radius 3 is 2.86 bits per heavy atom. The number of carbonyl (C=O) groups is 1. The quantitative estimate of drug-likeness (QED) is 0.875. The number of nitrogens with zero attached hydrogens (tertiary/aromatic N) is 1. The van der Waals surface area contributed by atoms with E-state index in [9.17, 15) is 4.79 Å². The molecular formula is C17H25ClN2O. The van der Waals surface area contributed by atoms with Crippen molar-refractivity contribution in [3.8, 4) is 0 Å². The van der Waals surface area contributed by atoms with Gasteiger partial charge in [-0.2, -0.15) is 0 Å². The molecule has 116 valence electrons. The van der Waals surface area contributed by atoms with Gasteiger partial charge in [0.1, 0.15) is 0 Å². The number of piperidine rings is 1. The molecule has 21 heavy (non-hydrogen) atoms. The van der Waals surface area contributed by atoms with Gasteiger partial charge in [-0.15, -0.1) is 0 Å². The summed E-state index contributed by atoms with van der Waals surface area (Å²) >= 11 is 5.94. The van der Waals surface area contributed by atoms with E-state index < -0.39 is 0 Å². The first kappa shape index (κ1) is 16.3. The topological polar surface area (TPSA) is 32.3 Å². The third-order valence-corrected chi connectivity index (χ3v) is 4.39. The Labute approximate surface area is 132 Å². The number of rotatable bonds is 6. The first-order valence-electron chi connectivity index (χ1n) is 7.87. The van der Waals surface area contributed by atoms with E-state index in [2.05, 4.69) is 17.1 Å². The molecule has 0 radical (unpaired) electrons. The summed E-state index contributed by atoms with van der Waals surface area (Å²) in [4.78, 5) is 14.2. The van der Waals surface area contributed by atoms with Gasteiger partial charge in [0, 0.05) is 24.5 Å². The predicted octanol–water partition coefficient (Wildman–Crippen LogP) is 3.12. The highest BCUT2D eigenvalue weighted by atomic mass is 35.5. The molecule has 4 heteroatoms. The van der Waals surface area contributed by atoms with E-state index >= 15 is 0 Å². The average molecular weight is 309 g/mol. The van der Waals surface area contributed by atoms with E-state index in [1.165, 1.54) is 12.8 Å². The lowest BCUT2D eigenvalue weighted by molar-refractivity contribution is -0.121. The van der Waals surface area contributed by atoms with Gasteiger partial charge in [-0.3, -0.25) is 4.79 Å². The minimum atomic E-state index is 0.149. The Kier molecular flexibility index (Phi) is 6.52. The number of hydrogen-bond donors (Lipinski definition) is 1. The molecule has 0 spiro atoms. The van der Waals surface area contributed by atoms with Crippen molar-refractivity contribution in [2.45, 2.75) is 32.6 Å². The van der Waals surface area contributed by atoms with Crippen LogP contribution in [-0.2, 0) is 11.2 Å². The second-order valence-electron chi connectivity index (χ2n) is 6.00. The number of nitrogens with one attached hydrogen (secondary N) is 1. The molecule has 1 heterocycles. The smallest absolute Gasteiger partial charge is 0.221 e. The van der Waals surface area contributed by atoms with Crippen molar-refractivity contribution in [1.29, 1.82) is 0 Å². The lowest BCUT2D eigenvalue weighted by Crippen LogP contribution is -2.36. The number of benzene rings is 1. The summed E-state index contributed by atoms with van der Waals surface area (Å²) in [6, 6.07) is 7.79. The second kappa shape index (κ2) is 8.40. The monoisotopic (exact) mass is 308 g/mol. The molecule has 2 rings (SSSR count). The molecule has 3 nitrogen and oxygen atoms in total. The lowest BCUT2D eigenvalue weighted by atomic mass is 9.99. The van der Waals surface area contributed by atoms with E-state index in [4.69, 9.17) is 11.6 Å². The minimum absolute atomic E-state index is 0.149. The summed E-state index contributed by atoms with van der Waals surface area (Å²) in [6.07, 6.45) is 3.95. The van der Waals surface area contributed by atoms with Crippen LogP contribution in [0.3, 0.4) is 0 Å². The first-order valence-corrected chi connectivity index (χ1v) is 8.25. The number of halogens is 1. The lowest BCUT2D eigenvalue weighted by Gasteiger charge is -2.29. The molecule has 1 saturated heterocycles. The Balaban J connectivity index is 1.59. The van der Waals surface area contributed by atoms with Crippen molar-refractivity contribution in [1.82, 2.24) is 10.2 Å². The molecule has 0 aliphatic carbocycles. The first-order chi connectivity index (χ1) is 10.1. The summed E-state index contributed by atoms with van der Waals surface area (Å²) in [5, 5.41) is 3.74. The van der Waals surface area contributed by atoms with Crippen LogP contribution in [0.2, 0.25) is 5.02 Å². The summed E-state index contributed by atoms with van der Waals surface area (Å²) in [6.45, 7) is 6.14. The fraction of sp³-hybridized carbons (Fsp3) is 0.588. The zero-order valence-corrected chi connectivity index (χ0v) is 13.5. The van der Waals surface area contributed by atoms with Crippen LogP contribution in [0.4, 0.5) is 0 Å². The van der Waals surface area contributed by atoms with Crippen LogP contribution in [-0.4, -0.2) is 37.0 Å². The highest BCUT2D eigenvalue weighted by molar-refractivity contribution is 6.30. The van der Waals surface area contributed by atoms with Gasteiger partial charge in [0.15, 0.2) is 0 Å². The number of carbonyl (C=O) groups excluding carboxylic acids is 1. The largest absolute Gasteiger partial charge is 0.356 e. The SMILES string of the molecule is CC1CCN(CCC(=O)NCCc2cccc(Cl)c2)CC1. The van der Waals surface area contributed by atoms with Crippen LogP contribution < -0.4 is 5.32 Å². The van der Waals surface area contributed by atoms with Crippen molar-refractivity contribution in [2.24, 2.45) is 5.92 Å². The van der Waals surface area contributed by atoms with Gasteiger partial charge in [0.05, 0.1) is 0 Å². The summed E-state index contributed by atoms with van der Waals surface area (Å²) < 4.78 is 0. The molecule has 1 amide bonds. The molecule has 1 aromatic carbocycles. The van der Waals surface area contributed by atoms with Gasteiger partial charge < -0.3 is 10.2 Å². The van der Waals surface area contributed by atoms with Crippen molar-refractivity contribution in [3.63, 3.8) is 0 Å². The van der Waals surface area contributed by atoms with Crippen molar-refractivity contribution >= 4 is 17.5 Å². The van der Waals surface area contributed by atoms with E-state index in [0.717, 1.165) is 42.6 Å². The number of likely N-dealkylation sites (tertiary alicyclic amines) is 1. The molecule has 0 aromatic heterocycles. The Hall–Kier alpha value is -1.06. The minimum Gasteiger partial charge on any atom is -0.356 e. The van der Waals surface area contributed by atoms with Crippen LogP contribution in [0.25, 0.3) is 0 Å². The number of amides is 1. The van der Waals surface area contributed by atoms with Crippen LogP contribution >= 0.6 is 11.6 Å². The molecule has 0 saturated carbocycles. The van der Waals surface area contributed by atoms with Crippen LogP contribution in [0.5, 0.6) is 0 Å². The molecule has 1 aliphatic rings. The van der Waals surface area contributed by atoms with E-state index in [1.54, 1.807) is 0 Å². The molecule has 0 bridgehead atoms. The molecule has 1 aromatic rings. The fourth-order valence-electron chi connectivity index (χ4n) is 2.67. The van der Waals surface area contributed by atoms with Crippen LogP contribution in [0, 0.1) is 5.92 Å². The van der Waals surface area contributed by atoms with Gasteiger partial charge in [-0.1, -0.05) is 30.7 Å². The Morgan fingerprint density at radius 2 is 2.14 bits per heavy atom. The van der Waals surface area contributed by atoms with E-state index in [0.29, 0.717) is 13.0 Å². The van der Waals surface area contributed by atoms with Crippen LogP contribution in [0.15, 0.2) is 24.3 Å². The Morgan fingerprint density at radius 1 is 1.38 bits per heavy atom. The zero-order valence-electron chi connectivity index (χ0n) is 12.8.